The second-order valence-electron chi connectivity index (χ2n) is 6.46. The summed E-state index contributed by atoms with van der Waals surface area (Å²) in [6, 6.07) is 8.61. The monoisotopic (exact) mass is 336 g/mol. The van der Waals surface area contributed by atoms with Crippen molar-refractivity contribution in [3.63, 3.8) is 0 Å². The Balaban J connectivity index is 1.81. The molecule has 1 aliphatic heterocycles. The topological polar surface area (TPSA) is 66.5 Å². The van der Waals surface area contributed by atoms with Crippen LogP contribution in [-0.2, 0) is 21.2 Å². The van der Waals surface area contributed by atoms with Crippen LogP contribution in [0, 0.1) is 0 Å². The van der Waals surface area contributed by atoms with Crippen molar-refractivity contribution in [2.75, 3.05) is 19.3 Å². The van der Waals surface area contributed by atoms with Crippen LogP contribution in [0.25, 0.3) is 0 Å². The summed E-state index contributed by atoms with van der Waals surface area (Å²) in [5.41, 5.74) is 2.73. The molecule has 1 amide bonds. The van der Waals surface area contributed by atoms with Crippen LogP contribution in [0.2, 0.25) is 0 Å². The number of carbonyl (C=O) groups excluding carboxylic acids is 1. The predicted molar refractivity (Wildman–Crippen MR) is 89.7 cm³/mol. The first-order chi connectivity index (χ1) is 11.0. The van der Waals surface area contributed by atoms with Crippen molar-refractivity contribution in [1.29, 1.82) is 0 Å². The Hall–Kier alpha value is -1.40. The minimum absolute atomic E-state index is 0.135. The standard InChI is InChI=1S/C17H24N2O3S/c1-18-23(21,22)12-17(20)19-11-5-10-16(19)15-9-4-7-13-6-2-3-8-14(13)15/h2-3,6,8,15-16,18H,4-5,7,9-12H2,1H3/t15-,16-/m1/s1. The van der Waals surface area contributed by atoms with Crippen molar-refractivity contribution in [3.05, 3.63) is 35.4 Å². The third-order valence-corrected chi connectivity index (χ3v) is 6.37. The first kappa shape index (κ1) is 16.5. The van der Waals surface area contributed by atoms with Crippen molar-refractivity contribution in [3.8, 4) is 0 Å². The first-order valence-corrected chi connectivity index (χ1v) is 9.95. The van der Waals surface area contributed by atoms with Gasteiger partial charge >= 0.3 is 0 Å². The largest absolute Gasteiger partial charge is 0.338 e. The number of hydrogen-bond acceptors (Lipinski definition) is 3. The molecule has 2 aliphatic rings. The second-order valence-corrected chi connectivity index (χ2v) is 8.38. The molecular formula is C17H24N2O3S. The SMILES string of the molecule is CNS(=O)(=O)CC(=O)N1CCC[C@@H]1[C@@H]1CCCc2ccccc21. The number of rotatable bonds is 4. The summed E-state index contributed by atoms with van der Waals surface area (Å²) in [5, 5.41) is 0. The molecule has 2 atom stereocenters. The Morgan fingerprint density at radius 1 is 1.26 bits per heavy atom. The number of likely N-dealkylation sites (tertiary alicyclic amines) is 1. The fourth-order valence-corrected chi connectivity index (χ4v) is 4.66. The Morgan fingerprint density at radius 3 is 2.83 bits per heavy atom. The summed E-state index contributed by atoms with van der Waals surface area (Å²) in [7, 11) is -2.16. The predicted octanol–water partition coefficient (Wildman–Crippen LogP) is 1.65. The Bertz CT molecular complexity index is 687. The molecule has 126 valence electrons. The molecule has 1 N–H and O–H groups in total. The van der Waals surface area contributed by atoms with E-state index < -0.39 is 15.8 Å². The highest BCUT2D eigenvalue weighted by molar-refractivity contribution is 7.90. The summed E-state index contributed by atoms with van der Waals surface area (Å²) < 4.78 is 25.6. The number of nitrogens with one attached hydrogen (secondary N) is 1. The van der Waals surface area contributed by atoms with Gasteiger partial charge in [0, 0.05) is 18.5 Å². The highest BCUT2D eigenvalue weighted by Crippen LogP contribution is 2.39. The molecule has 6 heteroatoms. The fourth-order valence-electron chi connectivity index (χ4n) is 4.03. The number of carbonyl (C=O) groups is 1. The summed E-state index contributed by atoms with van der Waals surface area (Å²) in [6.45, 7) is 0.668. The smallest absolute Gasteiger partial charge is 0.239 e. The van der Waals surface area contributed by atoms with Crippen LogP contribution in [0.15, 0.2) is 24.3 Å². The van der Waals surface area contributed by atoms with E-state index in [9.17, 15) is 13.2 Å². The van der Waals surface area contributed by atoms with E-state index in [1.807, 2.05) is 4.90 Å². The molecule has 3 rings (SSSR count). The highest BCUT2D eigenvalue weighted by Gasteiger charge is 2.38. The summed E-state index contributed by atoms with van der Waals surface area (Å²) in [5.74, 6) is -0.387. The molecule has 5 nitrogen and oxygen atoms in total. The van der Waals surface area contributed by atoms with Gasteiger partial charge in [0.1, 0.15) is 5.75 Å². The maximum atomic E-state index is 12.5. The van der Waals surface area contributed by atoms with Gasteiger partial charge in [0.25, 0.3) is 0 Å². The molecule has 1 fully saturated rings. The molecule has 23 heavy (non-hydrogen) atoms. The van der Waals surface area contributed by atoms with Gasteiger partial charge in [-0.2, -0.15) is 0 Å². The third-order valence-electron chi connectivity index (χ3n) is 5.12. The summed E-state index contributed by atoms with van der Waals surface area (Å²) in [4.78, 5) is 14.3. The van der Waals surface area contributed by atoms with Crippen LogP contribution in [0.1, 0.15) is 42.7 Å². The van der Waals surface area contributed by atoms with Gasteiger partial charge in [0.05, 0.1) is 0 Å². The molecular weight excluding hydrogens is 312 g/mol. The number of amides is 1. The normalized spacial score (nSPS) is 24.5. The zero-order valence-electron chi connectivity index (χ0n) is 13.5. The van der Waals surface area contributed by atoms with Gasteiger partial charge in [-0.3, -0.25) is 4.79 Å². The fraction of sp³-hybridized carbons (Fsp3) is 0.588. The Morgan fingerprint density at radius 2 is 2.04 bits per heavy atom. The van der Waals surface area contributed by atoms with E-state index in [4.69, 9.17) is 0 Å². The van der Waals surface area contributed by atoms with Gasteiger partial charge in [-0.1, -0.05) is 24.3 Å². The maximum absolute atomic E-state index is 12.5. The van der Waals surface area contributed by atoms with E-state index >= 15 is 0 Å². The molecule has 0 saturated carbocycles. The van der Waals surface area contributed by atoms with Crippen LogP contribution < -0.4 is 4.72 Å². The zero-order valence-corrected chi connectivity index (χ0v) is 14.3. The van der Waals surface area contributed by atoms with Gasteiger partial charge in [-0.25, -0.2) is 13.1 Å². The molecule has 0 spiro atoms. The van der Waals surface area contributed by atoms with Gasteiger partial charge in [0.2, 0.25) is 15.9 Å². The molecule has 1 saturated heterocycles. The Labute approximate surface area is 138 Å². The van der Waals surface area contributed by atoms with Crippen molar-refractivity contribution in [2.24, 2.45) is 0 Å². The summed E-state index contributed by atoms with van der Waals surface area (Å²) >= 11 is 0. The molecule has 0 bridgehead atoms. The number of benzene rings is 1. The van der Waals surface area contributed by atoms with Crippen LogP contribution >= 0.6 is 0 Å². The third kappa shape index (κ3) is 3.43. The Kier molecular flexibility index (Phi) is 4.73. The van der Waals surface area contributed by atoms with Crippen LogP contribution in [0.4, 0.5) is 0 Å². The van der Waals surface area contributed by atoms with Gasteiger partial charge in [-0.15, -0.1) is 0 Å². The lowest BCUT2D eigenvalue weighted by molar-refractivity contribution is -0.129. The number of fused-ring (bicyclic) bond motifs is 1. The summed E-state index contributed by atoms with van der Waals surface area (Å²) in [6.07, 6.45) is 5.22. The van der Waals surface area contributed by atoms with E-state index in [2.05, 4.69) is 29.0 Å². The van der Waals surface area contributed by atoms with Gasteiger partial charge in [0.15, 0.2) is 0 Å². The highest BCUT2D eigenvalue weighted by atomic mass is 32.2. The molecule has 1 aromatic carbocycles. The van der Waals surface area contributed by atoms with Crippen LogP contribution in [0.5, 0.6) is 0 Å². The van der Waals surface area contributed by atoms with Gasteiger partial charge in [-0.05, 0) is 50.3 Å². The van der Waals surface area contributed by atoms with E-state index in [1.165, 1.54) is 18.2 Å². The van der Waals surface area contributed by atoms with Crippen molar-refractivity contribution in [2.45, 2.75) is 44.1 Å². The number of sulfonamides is 1. The first-order valence-electron chi connectivity index (χ1n) is 8.30. The maximum Gasteiger partial charge on any atom is 0.239 e. The molecule has 0 unspecified atom stereocenters. The molecule has 1 aliphatic carbocycles. The van der Waals surface area contributed by atoms with Gasteiger partial charge < -0.3 is 4.90 Å². The zero-order chi connectivity index (χ0) is 16.4. The van der Waals surface area contributed by atoms with Crippen molar-refractivity contribution in [1.82, 2.24) is 9.62 Å². The molecule has 0 radical (unpaired) electrons. The van der Waals surface area contributed by atoms with Crippen molar-refractivity contribution < 1.29 is 13.2 Å². The van der Waals surface area contributed by atoms with E-state index in [0.717, 1.165) is 32.1 Å². The number of nitrogens with zero attached hydrogens (tertiary/aromatic N) is 1. The average molecular weight is 336 g/mol. The van der Waals surface area contributed by atoms with Crippen LogP contribution in [0.3, 0.4) is 0 Å². The lowest BCUT2D eigenvalue weighted by Crippen LogP contribution is -2.44. The minimum Gasteiger partial charge on any atom is -0.338 e. The second kappa shape index (κ2) is 6.61. The van der Waals surface area contributed by atoms with E-state index in [0.29, 0.717) is 12.5 Å². The number of aryl methyl sites for hydroxylation is 1. The van der Waals surface area contributed by atoms with Crippen LogP contribution in [-0.4, -0.2) is 44.6 Å². The van der Waals surface area contributed by atoms with E-state index in [1.54, 1.807) is 0 Å². The molecule has 0 aromatic heterocycles. The number of hydrogen-bond donors (Lipinski definition) is 1. The lowest BCUT2D eigenvalue weighted by atomic mass is 9.78. The quantitative estimate of drug-likeness (QED) is 0.909. The van der Waals surface area contributed by atoms with E-state index in [-0.39, 0.29) is 11.9 Å². The molecule has 1 heterocycles. The minimum atomic E-state index is -3.51. The lowest BCUT2D eigenvalue weighted by Gasteiger charge is -2.35. The average Bonchev–Trinajstić information content (AvgIpc) is 3.03. The molecule has 1 aromatic rings. The van der Waals surface area contributed by atoms with Crippen molar-refractivity contribution >= 4 is 15.9 Å².